The lowest BCUT2D eigenvalue weighted by Gasteiger charge is -2.38. The fourth-order valence-corrected chi connectivity index (χ4v) is 11.1. The van der Waals surface area contributed by atoms with Crippen molar-refractivity contribution >= 4 is 15.5 Å². The van der Waals surface area contributed by atoms with Crippen molar-refractivity contribution in [3.05, 3.63) is 35.4 Å². The standard InChI is InChI=1S/C19H38N6P2/c1-11-25-18(17-14-12-16(2)13-15-17)19(3,4)20-27(25,24(9)10)21-26(22(5)6)23(7)8/h12-15,18,26H,11H2,1-10H3. The first-order chi connectivity index (χ1) is 12.5. The van der Waals surface area contributed by atoms with Gasteiger partial charge in [0, 0.05) is 6.54 Å². The van der Waals surface area contributed by atoms with E-state index in [0.717, 1.165) is 6.54 Å². The van der Waals surface area contributed by atoms with Crippen LogP contribution in [-0.2, 0) is 0 Å². The highest BCUT2D eigenvalue weighted by Crippen LogP contribution is 2.70. The Hall–Kier alpha value is -0.480. The van der Waals surface area contributed by atoms with Crippen molar-refractivity contribution in [2.45, 2.75) is 39.3 Å². The van der Waals surface area contributed by atoms with E-state index in [0.29, 0.717) is 0 Å². The van der Waals surface area contributed by atoms with Gasteiger partial charge in [-0.05, 0) is 68.6 Å². The van der Waals surface area contributed by atoms with Crippen molar-refractivity contribution in [1.29, 1.82) is 0 Å². The van der Waals surface area contributed by atoms with Crippen LogP contribution >= 0.6 is 15.5 Å². The van der Waals surface area contributed by atoms with Crippen LogP contribution < -0.4 is 0 Å². The van der Waals surface area contributed by atoms with E-state index in [2.05, 4.69) is 113 Å². The van der Waals surface area contributed by atoms with Gasteiger partial charge in [-0.2, -0.15) is 0 Å². The van der Waals surface area contributed by atoms with E-state index in [4.69, 9.17) is 9.26 Å². The van der Waals surface area contributed by atoms with E-state index in [-0.39, 0.29) is 11.6 Å². The Labute approximate surface area is 167 Å². The Morgan fingerprint density at radius 1 is 1.07 bits per heavy atom. The van der Waals surface area contributed by atoms with Crippen LogP contribution in [0, 0.1) is 6.92 Å². The lowest BCUT2D eigenvalue weighted by Crippen LogP contribution is -2.34. The van der Waals surface area contributed by atoms with Gasteiger partial charge in [-0.15, -0.1) is 0 Å². The highest BCUT2D eigenvalue weighted by Gasteiger charge is 2.50. The summed E-state index contributed by atoms with van der Waals surface area (Å²) >= 11 is 0. The Morgan fingerprint density at radius 3 is 2.00 bits per heavy atom. The summed E-state index contributed by atoms with van der Waals surface area (Å²) in [5.74, 6) is 0. The van der Waals surface area contributed by atoms with Gasteiger partial charge in [0.1, 0.15) is 0 Å². The van der Waals surface area contributed by atoms with E-state index >= 15 is 0 Å². The SMILES string of the molecule is CCN1C(c2ccc(C)cc2)C(C)(C)N=P1(N=[PH](N(C)C)N(C)C)N(C)C. The minimum absolute atomic E-state index is 0.196. The molecule has 1 aromatic carbocycles. The van der Waals surface area contributed by atoms with Crippen LogP contribution in [0.15, 0.2) is 33.5 Å². The predicted octanol–water partition coefficient (Wildman–Crippen LogP) is 5.01. The van der Waals surface area contributed by atoms with Gasteiger partial charge < -0.3 is 0 Å². The molecule has 1 aromatic rings. The molecule has 0 N–H and O–H groups in total. The van der Waals surface area contributed by atoms with Crippen LogP contribution in [0.5, 0.6) is 0 Å². The van der Waals surface area contributed by atoms with Crippen LogP contribution in [0.25, 0.3) is 0 Å². The molecule has 6 nitrogen and oxygen atoms in total. The number of rotatable bonds is 6. The van der Waals surface area contributed by atoms with Crippen LogP contribution in [0.2, 0.25) is 0 Å². The highest BCUT2D eigenvalue weighted by atomic mass is 31.2. The number of hydrogen-bond acceptors (Lipinski definition) is 4. The van der Waals surface area contributed by atoms with Gasteiger partial charge in [0.15, 0.2) is 0 Å². The van der Waals surface area contributed by atoms with Gasteiger partial charge in [0.25, 0.3) is 0 Å². The molecule has 8 heteroatoms. The van der Waals surface area contributed by atoms with Crippen molar-refractivity contribution in [3.63, 3.8) is 0 Å². The third-order valence-electron chi connectivity index (χ3n) is 4.98. The van der Waals surface area contributed by atoms with Crippen LogP contribution in [0.4, 0.5) is 0 Å². The molecule has 0 saturated heterocycles. The summed E-state index contributed by atoms with van der Waals surface area (Å²) in [6.45, 7) is 9.83. The average Bonchev–Trinajstić information content (AvgIpc) is 2.80. The molecule has 2 atom stereocenters. The summed E-state index contributed by atoms with van der Waals surface area (Å²) in [4.78, 5) is 0. The molecule has 0 aliphatic carbocycles. The third-order valence-corrected chi connectivity index (χ3v) is 11.4. The van der Waals surface area contributed by atoms with Gasteiger partial charge in [-0.3, -0.25) is 9.34 Å². The van der Waals surface area contributed by atoms with Crippen molar-refractivity contribution in [1.82, 2.24) is 18.7 Å². The molecule has 1 heterocycles. The monoisotopic (exact) mass is 412 g/mol. The van der Waals surface area contributed by atoms with E-state index in [9.17, 15) is 0 Å². The zero-order valence-electron chi connectivity index (χ0n) is 18.7. The molecule has 2 unspecified atom stereocenters. The molecule has 0 bridgehead atoms. The minimum Gasteiger partial charge on any atom is -0.266 e. The van der Waals surface area contributed by atoms with Gasteiger partial charge in [0.05, 0.1) is 19.6 Å². The van der Waals surface area contributed by atoms with Gasteiger partial charge in [-0.25, -0.2) is 18.6 Å². The Morgan fingerprint density at radius 2 is 1.59 bits per heavy atom. The molecular formula is C19H38N6P2. The first kappa shape index (κ1) is 22.8. The maximum atomic E-state index is 5.50. The van der Waals surface area contributed by atoms with Crippen molar-refractivity contribution in [3.8, 4) is 0 Å². The lowest BCUT2D eigenvalue weighted by molar-refractivity contribution is 0.272. The summed E-state index contributed by atoms with van der Waals surface area (Å²) in [6, 6.07) is 9.17. The van der Waals surface area contributed by atoms with E-state index < -0.39 is 15.5 Å². The normalized spacial score (nSPS) is 25.6. The molecule has 0 radical (unpaired) electrons. The molecular weight excluding hydrogens is 374 g/mol. The number of benzene rings is 1. The van der Waals surface area contributed by atoms with Gasteiger partial charge in [-0.1, -0.05) is 36.8 Å². The fourth-order valence-electron chi connectivity index (χ4n) is 3.87. The number of hydrogen-bond donors (Lipinski definition) is 0. The highest BCUT2D eigenvalue weighted by molar-refractivity contribution is 7.66. The van der Waals surface area contributed by atoms with E-state index in [1.165, 1.54) is 11.1 Å². The molecule has 0 fully saturated rings. The molecule has 2 rings (SSSR count). The average molecular weight is 413 g/mol. The maximum Gasteiger partial charge on any atom is 0.213 e. The number of aryl methyl sites for hydroxylation is 1. The van der Waals surface area contributed by atoms with Gasteiger partial charge >= 0.3 is 0 Å². The van der Waals surface area contributed by atoms with Crippen LogP contribution in [0.1, 0.15) is 37.9 Å². The predicted molar refractivity (Wildman–Crippen MR) is 122 cm³/mol. The molecule has 0 spiro atoms. The minimum atomic E-state index is -2.17. The summed E-state index contributed by atoms with van der Waals surface area (Å²) in [5, 5.41) is 0. The zero-order chi connectivity index (χ0) is 20.6. The lowest BCUT2D eigenvalue weighted by atomic mass is 9.89. The number of nitrogens with zero attached hydrogens (tertiary/aromatic N) is 6. The molecule has 0 saturated carbocycles. The molecule has 1 aliphatic heterocycles. The van der Waals surface area contributed by atoms with Crippen molar-refractivity contribution < 1.29 is 0 Å². The molecule has 1 aliphatic rings. The fraction of sp³-hybridized carbons (Fsp3) is 0.684. The first-order valence-electron chi connectivity index (χ1n) is 9.56. The van der Waals surface area contributed by atoms with Crippen molar-refractivity contribution in [2.24, 2.45) is 9.26 Å². The maximum absolute atomic E-state index is 5.50. The Kier molecular flexibility index (Phi) is 7.17. The van der Waals surface area contributed by atoms with Gasteiger partial charge in [0.2, 0.25) is 7.51 Å². The summed E-state index contributed by atoms with van der Waals surface area (Å²) in [5.41, 5.74) is 2.43. The molecule has 0 aromatic heterocycles. The second kappa shape index (κ2) is 8.49. The quantitative estimate of drug-likeness (QED) is 0.616. The molecule has 154 valence electrons. The van der Waals surface area contributed by atoms with Crippen LogP contribution in [-0.4, -0.2) is 73.1 Å². The third kappa shape index (κ3) is 4.42. The topological polar surface area (TPSA) is 37.7 Å². The number of likely N-dealkylation sites (N-methyl/N-ethyl adjacent to an activating group) is 1. The summed E-state index contributed by atoms with van der Waals surface area (Å²) < 4.78 is 20.3. The summed E-state index contributed by atoms with van der Waals surface area (Å²) in [6.07, 6.45) is 0. The smallest absolute Gasteiger partial charge is 0.213 e. The Balaban J connectivity index is 2.71. The first-order valence-corrected chi connectivity index (χ1v) is 12.5. The molecule has 27 heavy (non-hydrogen) atoms. The Bertz CT molecular complexity index is 727. The zero-order valence-corrected chi connectivity index (χ0v) is 20.6. The second-order valence-electron chi connectivity index (χ2n) is 8.40. The van der Waals surface area contributed by atoms with Crippen LogP contribution in [0.3, 0.4) is 0 Å². The summed E-state index contributed by atoms with van der Waals surface area (Å²) in [7, 11) is 9.40. The van der Waals surface area contributed by atoms with E-state index in [1.54, 1.807) is 0 Å². The largest absolute Gasteiger partial charge is 0.266 e. The van der Waals surface area contributed by atoms with Crippen molar-refractivity contribution in [2.75, 3.05) is 48.8 Å². The van der Waals surface area contributed by atoms with E-state index in [1.807, 2.05) is 0 Å². The molecule has 0 amide bonds. The second-order valence-corrected chi connectivity index (χ2v) is 14.2.